The normalized spacial score (nSPS) is 23.3. The van der Waals surface area contributed by atoms with Gasteiger partial charge in [-0.15, -0.1) is 0 Å². The van der Waals surface area contributed by atoms with Crippen LogP contribution in [-0.4, -0.2) is 35.5 Å². The Morgan fingerprint density at radius 3 is 2.11 bits per heavy atom. The summed E-state index contributed by atoms with van der Waals surface area (Å²) in [5, 5.41) is 0. The van der Waals surface area contributed by atoms with Gasteiger partial charge < -0.3 is 14.4 Å². The van der Waals surface area contributed by atoms with Crippen LogP contribution in [0.25, 0.3) is 5.76 Å². The van der Waals surface area contributed by atoms with Gasteiger partial charge >= 0.3 is 5.97 Å². The van der Waals surface area contributed by atoms with Gasteiger partial charge in [0.05, 0.1) is 12.5 Å². The summed E-state index contributed by atoms with van der Waals surface area (Å²) in [4.78, 5) is 29.0. The van der Waals surface area contributed by atoms with Crippen LogP contribution in [0.5, 0.6) is 0 Å². The van der Waals surface area contributed by atoms with Crippen LogP contribution in [0.15, 0.2) is 97.1 Å². The molecule has 2 aliphatic rings. The van der Waals surface area contributed by atoms with E-state index in [0.717, 1.165) is 16.7 Å². The molecule has 2 aliphatic heterocycles. The SMILES string of the molecule is CCOC(=O)C1OC(c2ccccc2)=CC2C(=O)N(Cc3ccccc3)C(Cc3ccccc3)C21. The highest BCUT2D eigenvalue weighted by molar-refractivity contribution is 5.89. The molecule has 1 amide bonds. The minimum atomic E-state index is -0.862. The monoisotopic (exact) mass is 467 g/mol. The average molecular weight is 468 g/mol. The highest BCUT2D eigenvalue weighted by atomic mass is 16.6. The number of hydrogen-bond donors (Lipinski definition) is 0. The smallest absolute Gasteiger partial charge is 0.347 e. The quantitative estimate of drug-likeness (QED) is 0.465. The Hall–Kier alpha value is -3.86. The third-order valence-corrected chi connectivity index (χ3v) is 6.82. The number of fused-ring (bicyclic) bond motifs is 1. The minimum absolute atomic E-state index is 0.0193. The van der Waals surface area contributed by atoms with E-state index in [4.69, 9.17) is 9.47 Å². The van der Waals surface area contributed by atoms with E-state index in [1.807, 2.05) is 89.8 Å². The van der Waals surface area contributed by atoms with Gasteiger partial charge in [0.25, 0.3) is 0 Å². The highest BCUT2D eigenvalue weighted by Gasteiger charge is 2.55. The average Bonchev–Trinajstić information content (AvgIpc) is 3.16. The van der Waals surface area contributed by atoms with Crippen molar-refractivity contribution in [1.82, 2.24) is 4.90 Å². The molecule has 0 saturated carbocycles. The Balaban J connectivity index is 1.57. The highest BCUT2D eigenvalue weighted by Crippen LogP contribution is 2.44. The Bertz CT molecular complexity index is 1190. The van der Waals surface area contributed by atoms with E-state index in [-0.39, 0.29) is 24.5 Å². The van der Waals surface area contributed by atoms with Crippen molar-refractivity contribution in [2.45, 2.75) is 32.0 Å². The van der Waals surface area contributed by atoms with E-state index in [1.165, 1.54) is 0 Å². The van der Waals surface area contributed by atoms with Gasteiger partial charge in [-0.3, -0.25) is 4.79 Å². The number of benzene rings is 3. The van der Waals surface area contributed by atoms with E-state index in [9.17, 15) is 9.59 Å². The zero-order valence-electron chi connectivity index (χ0n) is 19.7. The van der Waals surface area contributed by atoms with Crippen LogP contribution in [0.2, 0.25) is 0 Å². The maximum atomic E-state index is 13.9. The molecule has 2 heterocycles. The molecule has 5 nitrogen and oxygen atoms in total. The number of likely N-dealkylation sites (tertiary alicyclic amines) is 1. The van der Waals surface area contributed by atoms with E-state index < -0.39 is 18.0 Å². The van der Waals surface area contributed by atoms with Gasteiger partial charge in [0.1, 0.15) is 5.76 Å². The third kappa shape index (κ3) is 4.72. The lowest BCUT2D eigenvalue weighted by molar-refractivity contribution is -0.157. The molecule has 1 fully saturated rings. The first kappa shape index (κ1) is 22.9. The van der Waals surface area contributed by atoms with Crippen molar-refractivity contribution in [2.24, 2.45) is 11.8 Å². The first-order valence-corrected chi connectivity index (χ1v) is 12.1. The Kier molecular flexibility index (Phi) is 6.66. The standard InChI is InChI=1S/C30H29NO4/c1-2-34-30(33)28-27-24(19-26(35-28)23-16-10-5-11-17-23)29(32)31(20-22-14-8-4-9-15-22)25(27)18-21-12-6-3-7-13-21/h3-17,19,24-25,27-28H,2,18,20H2,1H3. The molecular weight excluding hydrogens is 438 g/mol. The van der Waals surface area contributed by atoms with Crippen molar-refractivity contribution >= 4 is 17.6 Å². The molecule has 0 aliphatic carbocycles. The van der Waals surface area contributed by atoms with Gasteiger partial charge in [-0.2, -0.15) is 0 Å². The first-order chi connectivity index (χ1) is 17.2. The first-order valence-electron chi connectivity index (χ1n) is 12.1. The largest absolute Gasteiger partial charge is 0.478 e. The van der Waals surface area contributed by atoms with Gasteiger partial charge in [0.2, 0.25) is 12.0 Å². The number of hydrogen-bond acceptors (Lipinski definition) is 4. The van der Waals surface area contributed by atoms with Crippen molar-refractivity contribution in [3.05, 3.63) is 114 Å². The van der Waals surface area contributed by atoms with E-state index >= 15 is 0 Å². The summed E-state index contributed by atoms with van der Waals surface area (Å²) in [6.45, 7) is 2.52. The zero-order valence-corrected chi connectivity index (χ0v) is 19.7. The van der Waals surface area contributed by atoms with E-state index in [2.05, 4.69) is 12.1 Å². The van der Waals surface area contributed by atoms with Crippen molar-refractivity contribution in [3.8, 4) is 0 Å². The molecule has 178 valence electrons. The summed E-state index contributed by atoms with van der Waals surface area (Å²) in [7, 11) is 0. The lowest BCUT2D eigenvalue weighted by Gasteiger charge is -2.35. The lowest BCUT2D eigenvalue weighted by atomic mass is 9.80. The van der Waals surface area contributed by atoms with Crippen LogP contribution in [0.4, 0.5) is 0 Å². The Morgan fingerprint density at radius 1 is 0.886 bits per heavy atom. The second-order valence-electron chi connectivity index (χ2n) is 9.00. The molecule has 3 aromatic rings. The molecule has 0 bridgehead atoms. The van der Waals surface area contributed by atoms with Gasteiger partial charge in [0, 0.05) is 24.1 Å². The molecule has 0 spiro atoms. The molecular formula is C30H29NO4. The van der Waals surface area contributed by atoms with Crippen LogP contribution in [0.3, 0.4) is 0 Å². The van der Waals surface area contributed by atoms with Crippen LogP contribution in [0.1, 0.15) is 23.6 Å². The van der Waals surface area contributed by atoms with Crippen molar-refractivity contribution in [1.29, 1.82) is 0 Å². The predicted octanol–water partition coefficient (Wildman–Crippen LogP) is 4.88. The maximum Gasteiger partial charge on any atom is 0.347 e. The topological polar surface area (TPSA) is 55.8 Å². The molecule has 4 atom stereocenters. The summed E-state index contributed by atoms with van der Waals surface area (Å²) < 4.78 is 11.8. The van der Waals surface area contributed by atoms with Crippen LogP contribution in [-0.2, 0) is 32.0 Å². The third-order valence-electron chi connectivity index (χ3n) is 6.82. The maximum absolute atomic E-state index is 13.9. The number of amides is 1. The molecule has 5 rings (SSSR count). The Labute approximate surface area is 206 Å². The lowest BCUT2D eigenvalue weighted by Crippen LogP contribution is -2.45. The number of carbonyl (C=O) groups is 2. The summed E-state index contributed by atoms with van der Waals surface area (Å²) in [5.74, 6) is -0.663. The zero-order chi connectivity index (χ0) is 24.2. The van der Waals surface area contributed by atoms with Crippen LogP contribution in [0, 0.1) is 11.8 Å². The second-order valence-corrected chi connectivity index (χ2v) is 9.00. The minimum Gasteiger partial charge on any atom is -0.478 e. The van der Waals surface area contributed by atoms with Crippen LogP contribution >= 0.6 is 0 Å². The fourth-order valence-electron chi connectivity index (χ4n) is 5.23. The molecule has 3 aromatic carbocycles. The summed E-state index contributed by atoms with van der Waals surface area (Å²) in [5.41, 5.74) is 3.01. The fourth-order valence-corrected chi connectivity index (χ4v) is 5.23. The number of esters is 1. The van der Waals surface area contributed by atoms with E-state index in [0.29, 0.717) is 18.7 Å². The summed E-state index contributed by atoms with van der Waals surface area (Å²) in [6, 6.07) is 29.5. The number of carbonyl (C=O) groups excluding carboxylic acids is 2. The molecule has 5 heteroatoms. The van der Waals surface area contributed by atoms with Gasteiger partial charge in [-0.25, -0.2) is 4.79 Å². The van der Waals surface area contributed by atoms with E-state index in [1.54, 1.807) is 6.92 Å². The van der Waals surface area contributed by atoms with Crippen molar-refractivity contribution in [3.63, 3.8) is 0 Å². The number of ether oxygens (including phenoxy) is 2. The van der Waals surface area contributed by atoms with Gasteiger partial charge in [0.15, 0.2) is 0 Å². The van der Waals surface area contributed by atoms with Crippen LogP contribution < -0.4 is 0 Å². The summed E-state index contributed by atoms with van der Waals surface area (Å²) >= 11 is 0. The molecule has 4 unspecified atom stereocenters. The summed E-state index contributed by atoms with van der Waals surface area (Å²) in [6.07, 6.45) is 1.67. The molecule has 35 heavy (non-hydrogen) atoms. The molecule has 0 aromatic heterocycles. The van der Waals surface area contributed by atoms with Gasteiger partial charge in [-0.05, 0) is 30.5 Å². The Morgan fingerprint density at radius 2 is 1.49 bits per heavy atom. The van der Waals surface area contributed by atoms with Crippen molar-refractivity contribution in [2.75, 3.05) is 6.61 Å². The predicted molar refractivity (Wildman–Crippen MR) is 134 cm³/mol. The fraction of sp³-hybridized carbons (Fsp3) is 0.267. The second kappa shape index (κ2) is 10.2. The number of rotatable bonds is 7. The molecule has 1 saturated heterocycles. The molecule has 0 radical (unpaired) electrons. The van der Waals surface area contributed by atoms with Gasteiger partial charge in [-0.1, -0.05) is 91.0 Å². The number of nitrogens with zero attached hydrogens (tertiary/aromatic N) is 1. The van der Waals surface area contributed by atoms with Crippen molar-refractivity contribution < 1.29 is 19.1 Å². The molecule has 0 N–H and O–H groups in total.